The summed E-state index contributed by atoms with van der Waals surface area (Å²) in [5, 5.41) is 3.59. The van der Waals surface area contributed by atoms with Gasteiger partial charge in [0, 0.05) is 35.8 Å². The number of aromatic nitrogens is 1. The summed E-state index contributed by atoms with van der Waals surface area (Å²) >= 11 is 6.43. The van der Waals surface area contributed by atoms with Crippen molar-refractivity contribution in [3.05, 3.63) is 23.0 Å². The van der Waals surface area contributed by atoms with Crippen molar-refractivity contribution in [1.29, 1.82) is 0 Å². The molecular weight excluding hydrogens is 272 g/mol. The summed E-state index contributed by atoms with van der Waals surface area (Å²) in [4.78, 5) is 4.48. The van der Waals surface area contributed by atoms with E-state index < -0.39 is 0 Å². The van der Waals surface area contributed by atoms with Gasteiger partial charge in [-0.3, -0.25) is 4.98 Å². The topological polar surface area (TPSA) is 34.2 Å². The summed E-state index contributed by atoms with van der Waals surface area (Å²) in [6.45, 7) is 9.99. The third-order valence-corrected chi connectivity index (χ3v) is 4.45. The molecule has 0 aliphatic carbocycles. The van der Waals surface area contributed by atoms with Crippen LogP contribution in [0.25, 0.3) is 0 Å². The highest BCUT2D eigenvalue weighted by atomic mass is 35.5. The Labute approximate surface area is 128 Å². The van der Waals surface area contributed by atoms with Crippen molar-refractivity contribution in [2.24, 2.45) is 5.92 Å². The summed E-state index contributed by atoms with van der Waals surface area (Å²) in [6.07, 6.45) is 4.12. The number of aryl methyl sites for hydroxylation is 1. The first-order valence-corrected chi connectivity index (χ1v) is 7.82. The Balaban J connectivity index is 2.58. The largest absolute Gasteiger partial charge is 0.496 e. The molecule has 4 heteroatoms. The van der Waals surface area contributed by atoms with Gasteiger partial charge in [0.05, 0.1) is 12.8 Å². The number of methoxy groups -OCH3 is 1. The van der Waals surface area contributed by atoms with Crippen LogP contribution in [0.4, 0.5) is 0 Å². The van der Waals surface area contributed by atoms with Crippen LogP contribution in [0.2, 0.25) is 0 Å². The average Bonchev–Trinajstić information content (AvgIpc) is 2.43. The highest BCUT2D eigenvalue weighted by Gasteiger charge is 2.15. The minimum Gasteiger partial charge on any atom is -0.496 e. The Morgan fingerprint density at radius 1 is 1.30 bits per heavy atom. The van der Waals surface area contributed by atoms with E-state index in [1.165, 1.54) is 0 Å². The molecule has 0 amide bonds. The predicted molar refractivity (Wildman–Crippen MR) is 85.7 cm³/mol. The Hall–Kier alpha value is -0.800. The van der Waals surface area contributed by atoms with Crippen molar-refractivity contribution in [3.8, 4) is 5.75 Å². The lowest BCUT2D eigenvalue weighted by Crippen LogP contribution is -2.28. The molecule has 0 saturated carbocycles. The maximum Gasteiger partial charge on any atom is 0.128 e. The van der Waals surface area contributed by atoms with Crippen LogP contribution in [0.15, 0.2) is 6.20 Å². The summed E-state index contributed by atoms with van der Waals surface area (Å²) in [5.74, 6) is 1.50. The first-order chi connectivity index (χ1) is 9.54. The predicted octanol–water partition coefficient (Wildman–Crippen LogP) is 3.84. The molecule has 0 spiro atoms. The number of hydrogen-bond donors (Lipinski definition) is 1. The van der Waals surface area contributed by atoms with Gasteiger partial charge < -0.3 is 10.1 Å². The smallest absolute Gasteiger partial charge is 0.128 e. The fourth-order valence-corrected chi connectivity index (χ4v) is 3.01. The molecule has 0 aliphatic rings. The Morgan fingerprint density at radius 2 is 1.95 bits per heavy atom. The van der Waals surface area contributed by atoms with Crippen LogP contribution < -0.4 is 10.1 Å². The molecule has 0 aliphatic heterocycles. The third-order valence-electron chi connectivity index (χ3n) is 3.94. The lowest BCUT2D eigenvalue weighted by Gasteiger charge is -2.20. The first kappa shape index (κ1) is 17.3. The Morgan fingerprint density at radius 3 is 2.50 bits per heavy atom. The number of nitrogens with one attached hydrogen (secondary N) is 1. The second-order valence-electron chi connectivity index (χ2n) is 5.27. The van der Waals surface area contributed by atoms with E-state index >= 15 is 0 Å². The Bertz CT molecular complexity index is 419. The van der Waals surface area contributed by atoms with Crippen molar-refractivity contribution in [3.63, 3.8) is 0 Å². The van der Waals surface area contributed by atoms with Crippen LogP contribution in [-0.4, -0.2) is 24.0 Å². The van der Waals surface area contributed by atoms with Crippen LogP contribution >= 0.6 is 11.6 Å². The van der Waals surface area contributed by atoms with E-state index in [1.54, 1.807) is 7.11 Å². The van der Waals surface area contributed by atoms with Crippen molar-refractivity contribution in [1.82, 2.24) is 10.3 Å². The number of hydrogen-bond acceptors (Lipinski definition) is 3. The molecular formula is C16H27ClN2O. The zero-order chi connectivity index (χ0) is 15.1. The van der Waals surface area contributed by atoms with Gasteiger partial charge in [0.1, 0.15) is 5.75 Å². The standard InChI is InChI=1S/C16H27ClN2O/c1-6-13(7-2)14(17)9-18-10-15-12(4)16(20-5)11(3)8-19-15/h8,13-14,18H,6-7,9-10H2,1-5H3. The highest BCUT2D eigenvalue weighted by molar-refractivity contribution is 6.21. The van der Waals surface area contributed by atoms with Gasteiger partial charge in [-0.1, -0.05) is 26.7 Å². The average molecular weight is 299 g/mol. The molecule has 0 aromatic carbocycles. The van der Waals surface area contributed by atoms with E-state index in [-0.39, 0.29) is 5.38 Å². The van der Waals surface area contributed by atoms with Gasteiger partial charge in [0.25, 0.3) is 0 Å². The van der Waals surface area contributed by atoms with Gasteiger partial charge in [-0.25, -0.2) is 0 Å². The first-order valence-electron chi connectivity index (χ1n) is 7.38. The fourth-order valence-electron chi connectivity index (χ4n) is 2.54. The molecule has 0 bridgehead atoms. The van der Waals surface area contributed by atoms with Gasteiger partial charge in [-0.05, 0) is 19.8 Å². The maximum absolute atomic E-state index is 6.43. The zero-order valence-electron chi connectivity index (χ0n) is 13.3. The number of pyridine rings is 1. The molecule has 1 aromatic rings. The quantitative estimate of drug-likeness (QED) is 0.740. The molecule has 1 aromatic heterocycles. The molecule has 1 N–H and O–H groups in total. The van der Waals surface area contributed by atoms with E-state index in [9.17, 15) is 0 Å². The molecule has 1 rings (SSSR count). The summed E-state index contributed by atoms with van der Waals surface area (Å²) in [5.41, 5.74) is 3.20. The van der Waals surface area contributed by atoms with Crippen LogP contribution in [0.5, 0.6) is 5.75 Å². The van der Waals surface area contributed by atoms with Crippen LogP contribution in [0.1, 0.15) is 43.5 Å². The van der Waals surface area contributed by atoms with E-state index in [1.807, 2.05) is 13.1 Å². The molecule has 1 heterocycles. The van der Waals surface area contributed by atoms with Gasteiger partial charge in [-0.15, -0.1) is 11.6 Å². The second kappa shape index (κ2) is 8.48. The van der Waals surface area contributed by atoms with Crippen molar-refractivity contribution in [2.45, 2.75) is 52.5 Å². The molecule has 1 atom stereocenters. The lowest BCUT2D eigenvalue weighted by atomic mass is 9.99. The summed E-state index contributed by atoms with van der Waals surface area (Å²) < 4.78 is 5.42. The number of halogens is 1. The van der Waals surface area contributed by atoms with Crippen LogP contribution in [-0.2, 0) is 6.54 Å². The van der Waals surface area contributed by atoms with E-state index in [0.29, 0.717) is 5.92 Å². The van der Waals surface area contributed by atoms with E-state index in [2.05, 4.69) is 31.1 Å². The summed E-state index contributed by atoms with van der Waals surface area (Å²) in [7, 11) is 1.70. The molecule has 114 valence electrons. The van der Waals surface area contributed by atoms with Crippen molar-refractivity contribution in [2.75, 3.05) is 13.7 Å². The minimum atomic E-state index is 0.178. The number of ether oxygens (including phenoxy) is 1. The Kier molecular flexibility index (Phi) is 7.31. The molecule has 0 saturated heterocycles. The maximum atomic E-state index is 6.43. The second-order valence-corrected chi connectivity index (χ2v) is 5.83. The monoisotopic (exact) mass is 298 g/mol. The van der Waals surface area contributed by atoms with Gasteiger partial charge in [0.2, 0.25) is 0 Å². The number of nitrogens with zero attached hydrogens (tertiary/aromatic N) is 1. The van der Waals surface area contributed by atoms with Crippen molar-refractivity contribution < 1.29 is 4.74 Å². The van der Waals surface area contributed by atoms with Gasteiger partial charge in [0.15, 0.2) is 0 Å². The SMILES string of the molecule is CCC(CC)C(Cl)CNCc1ncc(C)c(OC)c1C. The van der Waals surface area contributed by atoms with E-state index in [0.717, 1.165) is 48.5 Å². The minimum absolute atomic E-state index is 0.178. The number of alkyl halides is 1. The van der Waals surface area contributed by atoms with Crippen LogP contribution in [0, 0.1) is 19.8 Å². The van der Waals surface area contributed by atoms with Gasteiger partial charge >= 0.3 is 0 Å². The number of rotatable bonds is 8. The normalized spacial score (nSPS) is 12.8. The molecule has 20 heavy (non-hydrogen) atoms. The molecule has 0 fully saturated rings. The molecule has 3 nitrogen and oxygen atoms in total. The van der Waals surface area contributed by atoms with Crippen molar-refractivity contribution >= 4 is 11.6 Å². The molecule has 0 radical (unpaired) electrons. The molecule has 1 unspecified atom stereocenters. The van der Waals surface area contributed by atoms with E-state index in [4.69, 9.17) is 16.3 Å². The van der Waals surface area contributed by atoms with Crippen LogP contribution in [0.3, 0.4) is 0 Å². The zero-order valence-corrected chi connectivity index (χ0v) is 14.0. The van der Waals surface area contributed by atoms with Gasteiger partial charge in [-0.2, -0.15) is 0 Å². The lowest BCUT2D eigenvalue weighted by molar-refractivity contribution is 0.406. The third kappa shape index (κ3) is 4.35. The fraction of sp³-hybridized carbons (Fsp3) is 0.688. The summed E-state index contributed by atoms with van der Waals surface area (Å²) in [6, 6.07) is 0. The highest BCUT2D eigenvalue weighted by Crippen LogP contribution is 2.24.